The summed E-state index contributed by atoms with van der Waals surface area (Å²) in [5.41, 5.74) is 0.0217. The number of nitrogens with one attached hydrogen (secondary N) is 1. The van der Waals surface area contributed by atoms with E-state index < -0.39 is 49.5 Å². The lowest BCUT2D eigenvalue weighted by molar-refractivity contribution is -0.143. The van der Waals surface area contributed by atoms with Crippen molar-refractivity contribution in [1.82, 2.24) is 19.7 Å². The van der Waals surface area contributed by atoms with Crippen molar-refractivity contribution in [3.8, 4) is 11.4 Å². The van der Waals surface area contributed by atoms with Crippen molar-refractivity contribution in [1.29, 1.82) is 0 Å². The number of hydrogen-bond donors (Lipinski definition) is 2. The third-order valence-electron chi connectivity index (χ3n) is 10.8. The summed E-state index contributed by atoms with van der Waals surface area (Å²) in [7, 11) is -1.98. The number of carboxylic acid groups (broad SMARTS) is 1. The highest BCUT2D eigenvalue weighted by atomic mass is 32.2. The Balaban J connectivity index is 1.36. The molecule has 3 heterocycles. The standard InChI is InChI=1S/C39H41F3N4O4S2/c1-37(2)13-6-14-38(3,24-8-5-7-23(19-24)21-39(15-16-39)36(47)48)35-44-34(46(4)45-35)28-20-25(9-10-29(28)40)51-33-27(12-18-52(49,50)22-37)26-11-17-43-32(26)30(41)31(33)42/h5,7-11,17,19-20,43H,6,12-16,18,21-22H2,1-4H3,(H,47,48)/t38-/m1/s1. The van der Waals surface area contributed by atoms with Gasteiger partial charge in [0.2, 0.25) is 0 Å². The highest BCUT2D eigenvalue weighted by Gasteiger charge is 2.50. The van der Waals surface area contributed by atoms with Crippen LogP contribution in [0, 0.1) is 28.3 Å². The molecule has 0 saturated heterocycles. The quantitative estimate of drug-likeness (QED) is 0.189. The van der Waals surface area contributed by atoms with Crippen molar-refractivity contribution in [3.05, 3.63) is 94.7 Å². The van der Waals surface area contributed by atoms with E-state index in [0.717, 1.165) is 22.9 Å². The fourth-order valence-electron chi connectivity index (χ4n) is 7.67. The van der Waals surface area contributed by atoms with Crippen LogP contribution in [0.4, 0.5) is 13.2 Å². The zero-order valence-corrected chi connectivity index (χ0v) is 31.2. The molecular weight excluding hydrogens is 710 g/mol. The van der Waals surface area contributed by atoms with Crippen molar-refractivity contribution in [3.63, 3.8) is 0 Å². The Morgan fingerprint density at radius 3 is 2.52 bits per heavy atom. The lowest BCUT2D eigenvalue weighted by Gasteiger charge is -2.31. The minimum Gasteiger partial charge on any atom is -0.481 e. The van der Waals surface area contributed by atoms with Gasteiger partial charge >= 0.3 is 5.97 Å². The number of sulfone groups is 1. The number of aromatic amines is 1. The number of rotatable bonds is 4. The van der Waals surface area contributed by atoms with Gasteiger partial charge in [-0.2, -0.15) is 5.10 Å². The molecule has 1 saturated carbocycles. The number of aliphatic carboxylic acids is 1. The van der Waals surface area contributed by atoms with Crippen molar-refractivity contribution < 1.29 is 31.5 Å². The number of fused-ring (bicyclic) bond motifs is 8. The van der Waals surface area contributed by atoms with Gasteiger partial charge in [0.05, 0.1) is 38.3 Å². The second-order valence-corrected chi connectivity index (χ2v) is 18.8. The molecule has 4 bridgehead atoms. The van der Waals surface area contributed by atoms with Gasteiger partial charge in [-0.05, 0) is 91.8 Å². The number of H-pyrrole nitrogens is 1. The summed E-state index contributed by atoms with van der Waals surface area (Å²) in [5, 5.41) is 15.1. The molecule has 0 amide bonds. The van der Waals surface area contributed by atoms with Gasteiger partial charge in [0, 0.05) is 23.5 Å². The van der Waals surface area contributed by atoms with Crippen molar-refractivity contribution in [2.45, 2.75) is 80.9 Å². The van der Waals surface area contributed by atoms with Crippen molar-refractivity contribution in [2.75, 3.05) is 11.5 Å². The van der Waals surface area contributed by atoms with Crippen molar-refractivity contribution in [2.24, 2.45) is 17.9 Å². The van der Waals surface area contributed by atoms with Crippen molar-refractivity contribution >= 4 is 38.5 Å². The summed E-state index contributed by atoms with van der Waals surface area (Å²) in [6.07, 6.45) is 4.80. The third kappa shape index (κ3) is 6.77. The van der Waals surface area contributed by atoms with Crippen LogP contribution in [-0.4, -0.2) is 50.7 Å². The number of nitrogens with zero attached hydrogens (tertiary/aromatic N) is 3. The Morgan fingerprint density at radius 2 is 1.79 bits per heavy atom. The van der Waals surface area contributed by atoms with Crippen LogP contribution < -0.4 is 0 Å². The molecule has 0 radical (unpaired) electrons. The average molecular weight is 751 g/mol. The summed E-state index contributed by atoms with van der Waals surface area (Å²) in [4.78, 5) is 20.0. The molecule has 1 aliphatic carbocycles. The monoisotopic (exact) mass is 750 g/mol. The average Bonchev–Trinajstić information content (AvgIpc) is 3.50. The molecule has 5 aromatic rings. The van der Waals surface area contributed by atoms with E-state index in [1.807, 2.05) is 45.0 Å². The molecule has 2 aliphatic rings. The SMILES string of the molecule is Cn1nc2nc1-c1cc(ccc1F)Sc1c(F)c(F)c3[nH]ccc3c1CCS(=O)(=O)CC(C)(C)CCC[C@]2(C)c1cccc(CC2(C(=O)O)CC2)c1. The van der Waals surface area contributed by atoms with Crippen LogP contribution >= 0.6 is 11.8 Å². The first-order chi connectivity index (χ1) is 24.5. The summed E-state index contributed by atoms with van der Waals surface area (Å²) in [6.45, 7) is 5.84. The number of halogens is 3. The minimum atomic E-state index is -3.65. The maximum absolute atomic E-state index is 15.8. The van der Waals surface area contributed by atoms with E-state index in [4.69, 9.17) is 10.1 Å². The number of aryl methyl sites for hydroxylation is 2. The number of carboxylic acids is 1. The molecule has 0 spiro atoms. The molecule has 2 aromatic heterocycles. The van der Waals surface area contributed by atoms with E-state index in [1.54, 1.807) is 13.1 Å². The van der Waals surface area contributed by atoms with Crippen LogP contribution in [0.2, 0.25) is 0 Å². The van der Waals surface area contributed by atoms with E-state index >= 15 is 13.2 Å². The Hall–Kier alpha value is -4.10. The van der Waals surface area contributed by atoms with Crippen LogP contribution in [0.25, 0.3) is 22.3 Å². The smallest absolute Gasteiger partial charge is 0.309 e. The molecular formula is C39H41F3N4O4S2. The van der Waals surface area contributed by atoms with Crippen LogP contribution in [0.1, 0.15) is 75.4 Å². The number of carbonyl (C=O) groups is 1. The molecule has 274 valence electrons. The molecule has 1 fully saturated rings. The Labute approximate surface area is 305 Å². The topological polar surface area (TPSA) is 118 Å². The minimum absolute atomic E-state index is 0.0364. The zero-order valence-electron chi connectivity index (χ0n) is 29.5. The molecule has 0 unspecified atom stereocenters. The third-order valence-corrected chi connectivity index (χ3v) is 14.0. The second kappa shape index (κ2) is 13.1. The van der Waals surface area contributed by atoms with Gasteiger partial charge in [-0.1, -0.05) is 56.3 Å². The maximum Gasteiger partial charge on any atom is 0.309 e. The van der Waals surface area contributed by atoms with Crippen LogP contribution in [0.3, 0.4) is 0 Å². The van der Waals surface area contributed by atoms with E-state index in [9.17, 15) is 18.3 Å². The van der Waals surface area contributed by atoms with E-state index in [-0.39, 0.29) is 39.7 Å². The van der Waals surface area contributed by atoms with Gasteiger partial charge in [-0.25, -0.2) is 31.3 Å². The predicted molar refractivity (Wildman–Crippen MR) is 195 cm³/mol. The highest BCUT2D eigenvalue weighted by Crippen LogP contribution is 2.49. The molecule has 13 heteroatoms. The maximum atomic E-state index is 15.8. The second-order valence-electron chi connectivity index (χ2n) is 15.5. The number of hydrogen-bond acceptors (Lipinski definition) is 6. The first-order valence-electron chi connectivity index (χ1n) is 17.4. The molecule has 1 aliphatic heterocycles. The van der Waals surface area contributed by atoms with Gasteiger partial charge in [0.1, 0.15) is 5.82 Å². The summed E-state index contributed by atoms with van der Waals surface area (Å²) >= 11 is 0.909. The molecule has 2 N–H and O–H groups in total. The lowest BCUT2D eigenvalue weighted by atomic mass is 9.75. The predicted octanol–water partition coefficient (Wildman–Crippen LogP) is 8.41. The zero-order chi connectivity index (χ0) is 37.2. The van der Waals surface area contributed by atoms with Gasteiger partial charge in [0.15, 0.2) is 33.1 Å². The first-order valence-corrected chi connectivity index (χ1v) is 20.0. The largest absolute Gasteiger partial charge is 0.481 e. The van der Waals surface area contributed by atoms with Gasteiger partial charge in [-0.15, -0.1) is 0 Å². The summed E-state index contributed by atoms with van der Waals surface area (Å²) < 4.78 is 75.7. The van der Waals surface area contributed by atoms with Gasteiger partial charge in [-0.3, -0.25) is 4.79 Å². The van der Waals surface area contributed by atoms with Crippen LogP contribution in [0.15, 0.2) is 64.5 Å². The van der Waals surface area contributed by atoms with E-state index in [0.29, 0.717) is 60.2 Å². The van der Waals surface area contributed by atoms with Crippen LogP contribution in [0.5, 0.6) is 0 Å². The molecule has 3 aromatic carbocycles. The van der Waals surface area contributed by atoms with Crippen LogP contribution in [-0.2, 0) is 39.9 Å². The van der Waals surface area contributed by atoms with E-state index in [1.165, 1.54) is 29.1 Å². The molecule has 7 rings (SSSR count). The Bertz CT molecular complexity index is 2330. The fourth-order valence-corrected chi connectivity index (χ4v) is 10.7. The highest BCUT2D eigenvalue weighted by molar-refractivity contribution is 7.99. The molecule has 52 heavy (non-hydrogen) atoms. The van der Waals surface area contributed by atoms with Gasteiger partial charge in [0.25, 0.3) is 0 Å². The number of aromatic nitrogens is 4. The molecule has 1 atom stereocenters. The fraction of sp³-hybridized carbons (Fsp3) is 0.410. The normalized spacial score (nSPS) is 21.2. The summed E-state index contributed by atoms with van der Waals surface area (Å²) in [5.74, 6) is -3.23. The first kappa shape index (κ1) is 36.3. The van der Waals surface area contributed by atoms with Gasteiger partial charge < -0.3 is 10.1 Å². The number of benzene rings is 3. The Morgan fingerprint density at radius 1 is 1.02 bits per heavy atom. The Kier molecular flexibility index (Phi) is 9.13. The lowest BCUT2D eigenvalue weighted by Crippen LogP contribution is -2.29. The molecule has 8 nitrogen and oxygen atoms in total. The summed E-state index contributed by atoms with van der Waals surface area (Å²) in [6, 6.07) is 13.7. The van der Waals surface area contributed by atoms with E-state index in [2.05, 4.69) is 4.98 Å².